The molecule has 9 heteroatoms. The second-order valence-electron chi connectivity index (χ2n) is 7.94. The molecule has 2 aliphatic rings. The summed E-state index contributed by atoms with van der Waals surface area (Å²) in [6.07, 6.45) is 0. The second kappa shape index (κ2) is 7.94. The number of hydrogen-bond acceptors (Lipinski definition) is 6. The van der Waals surface area contributed by atoms with Crippen molar-refractivity contribution < 1.29 is 14.4 Å². The van der Waals surface area contributed by atoms with Gasteiger partial charge in [-0.15, -0.1) is 0 Å². The third kappa shape index (κ3) is 3.53. The van der Waals surface area contributed by atoms with E-state index in [1.165, 1.54) is 4.57 Å². The number of imide groups is 1. The van der Waals surface area contributed by atoms with Crippen molar-refractivity contribution in [2.45, 2.75) is 0 Å². The first-order valence-corrected chi connectivity index (χ1v) is 10.5. The van der Waals surface area contributed by atoms with Crippen LogP contribution in [0.25, 0.3) is 5.69 Å². The van der Waals surface area contributed by atoms with E-state index in [-0.39, 0.29) is 22.9 Å². The molecule has 2 aliphatic heterocycles. The summed E-state index contributed by atoms with van der Waals surface area (Å²) in [6.45, 7) is 2.58. The van der Waals surface area contributed by atoms with Crippen molar-refractivity contribution >= 4 is 29.2 Å². The minimum absolute atomic E-state index is 0.00158. The summed E-state index contributed by atoms with van der Waals surface area (Å²) in [5, 5.41) is 2.16. The fraction of sp³-hybridized carbons (Fsp3) is 0.167. The first kappa shape index (κ1) is 20.5. The number of hydrogen-bond donors (Lipinski definition) is 2. The molecule has 3 amide bonds. The van der Waals surface area contributed by atoms with Crippen molar-refractivity contribution in [1.82, 2.24) is 14.8 Å². The molecule has 166 valence electrons. The highest BCUT2D eigenvalue weighted by Crippen LogP contribution is 2.25. The third-order valence-electron chi connectivity index (χ3n) is 6.01. The lowest BCUT2D eigenvalue weighted by atomic mass is 10.1. The maximum atomic E-state index is 12.6. The molecule has 0 aliphatic carbocycles. The van der Waals surface area contributed by atoms with Crippen LogP contribution in [0.1, 0.15) is 31.1 Å². The average Bonchev–Trinajstić information content (AvgIpc) is 3.12. The zero-order chi connectivity index (χ0) is 23.1. The van der Waals surface area contributed by atoms with E-state index in [9.17, 15) is 19.2 Å². The highest BCUT2D eigenvalue weighted by atomic mass is 16.2. The summed E-state index contributed by atoms with van der Waals surface area (Å²) in [5.41, 5.74) is 7.75. The highest BCUT2D eigenvalue weighted by molar-refractivity contribution is 6.23. The molecule has 3 aromatic rings. The monoisotopic (exact) mass is 443 g/mol. The number of rotatable bonds is 3. The van der Waals surface area contributed by atoms with Gasteiger partial charge < -0.3 is 15.5 Å². The normalized spacial score (nSPS) is 15.4. The average molecular weight is 443 g/mol. The highest BCUT2D eigenvalue weighted by Gasteiger charge is 2.32. The number of pyridine rings is 1. The molecular formula is C24H21N5O4. The molecule has 33 heavy (non-hydrogen) atoms. The van der Waals surface area contributed by atoms with Crippen LogP contribution in [-0.4, -0.2) is 53.4 Å². The lowest BCUT2D eigenvalue weighted by Gasteiger charge is -2.36. The minimum atomic E-state index is -0.619. The number of anilines is 2. The zero-order valence-corrected chi connectivity index (χ0v) is 17.7. The van der Waals surface area contributed by atoms with Crippen LogP contribution in [0, 0.1) is 0 Å². The Morgan fingerprint density at radius 2 is 1.45 bits per heavy atom. The molecule has 1 fully saturated rings. The molecule has 9 nitrogen and oxygen atoms in total. The van der Waals surface area contributed by atoms with Gasteiger partial charge in [-0.25, -0.2) is 0 Å². The summed E-state index contributed by atoms with van der Waals surface area (Å²) in [5.74, 6) is -1.27. The summed E-state index contributed by atoms with van der Waals surface area (Å²) >= 11 is 0. The number of carbonyl (C=O) groups is 3. The number of nitrogens with zero attached hydrogens (tertiary/aromatic N) is 3. The fourth-order valence-corrected chi connectivity index (χ4v) is 4.29. The number of nitrogens with two attached hydrogens (primary N) is 1. The standard InChI is InChI=1S/C24H21N5O4/c25-21-20-18(22(31)26-23(20)32)14-19(30)29(21)17-8-6-16(7-9-17)27-10-12-28(13-11-27)24(33)15-4-2-1-3-5-15/h1-9,14H,10-13,25H2,(H,26,31,32). The van der Waals surface area contributed by atoms with Gasteiger partial charge in [0.1, 0.15) is 5.82 Å². The van der Waals surface area contributed by atoms with Crippen LogP contribution in [0.2, 0.25) is 0 Å². The van der Waals surface area contributed by atoms with Crippen LogP contribution in [0.15, 0.2) is 65.5 Å². The van der Waals surface area contributed by atoms with Crippen molar-refractivity contribution in [1.29, 1.82) is 0 Å². The van der Waals surface area contributed by atoms with Crippen LogP contribution in [0.3, 0.4) is 0 Å². The Kier molecular flexibility index (Phi) is 4.93. The number of benzene rings is 2. The zero-order valence-electron chi connectivity index (χ0n) is 17.7. The van der Waals surface area contributed by atoms with Gasteiger partial charge in [0.2, 0.25) is 0 Å². The smallest absolute Gasteiger partial charge is 0.262 e. The minimum Gasteiger partial charge on any atom is -0.384 e. The predicted molar refractivity (Wildman–Crippen MR) is 123 cm³/mol. The van der Waals surface area contributed by atoms with Crippen LogP contribution in [0.4, 0.5) is 11.5 Å². The van der Waals surface area contributed by atoms with Gasteiger partial charge in [-0.05, 0) is 36.4 Å². The van der Waals surface area contributed by atoms with Crippen molar-refractivity contribution in [3.05, 3.63) is 87.7 Å². The number of nitrogens with one attached hydrogen (secondary N) is 1. The fourth-order valence-electron chi connectivity index (χ4n) is 4.29. The number of amides is 3. The summed E-state index contributed by atoms with van der Waals surface area (Å²) in [4.78, 5) is 53.1. The first-order valence-electron chi connectivity index (χ1n) is 10.5. The van der Waals surface area contributed by atoms with E-state index in [0.717, 1.165) is 11.8 Å². The number of fused-ring (bicyclic) bond motifs is 1. The lowest BCUT2D eigenvalue weighted by Crippen LogP contribution is -2.48. The predicted octanol–water partition coefficient (Wildman–Crippen LogP) is 1.27. The first-order chi connectivity index (χ1) is 15.9. The summed E-state index contributed by atoms with van der Waals surface area (Å²) in [7, 11) is 0. The van der Waals surface area contributed by atoms with Gasteiger partial charge in [-0.3, -0.25) is 29.1 Å². The van der Waals surface area contributed by atoms with Crippen molar-refractivity contribution in [3.8, 4) is 5.69 Å². The van der Waals surface area contributed by atoms with Crippen LogP contribution in [-0.2, 0) is 0 Å². The third-order valence-corrected chi connectivity index (χ3v) is 6.01. The molecule has 0 bridgehead atoms. The molecule has 0 atom stereocenters. The quantitative estimate of drug-likeness (QED) is 0.589. The molecule has 2 aromatic carbocycles. The van der Waals surface area contributed by atoms with E-state index in [1.54, 1.807) is 12.1 Å². The maximum absolute atomic E-state index is 12.6. The molecule has 5 rings (SSSR count). The van der Waals surface area contributed by atoms with E-state index in [4.69, 9.17) is 5.73 Å². The molecule has 1 aromatic heterocycles. The number of aromatic nitrogens is 1. The topological polar surface area (TPSA) is 118 Å². The Morgan fingerprint density at radius 3 is 2.12 bits per heavy atom. The Bertz CT molecular complexity index is 1320. The van der Waals surface area contributed by atoms with Gasteiger partial charge in [-0.2, -0.15) is 0 Å². The Hall–Kier alpha value is -4.40. The van der Waals surface area contributed by atoms with E-state index in [2.05, 4.69) is 10.2 Å². The van der Waals surface area contributed by atoms with E-state index in [0.29, 0.717) is 37.4 Å². The van der Waals surface area contributed by atoms with Gasteiger partial charge >= 0.3 is 0 Å². The molecule has 3 heterocycles. The maximum Gasteiger partial charge on any atom is 0.262 e. The molecule has 3 N–H and O–H groups in total. The molecule has 0 radical (unpaired) electrons. The molecular weight excluding hydrogens is 422 g/mol. The number of nitrogen functional groups attached to an aromatic ring is 1. The van der Waals surface area contributed by atoms with Crippen LogP contribution >= 0.6 is 0 Å². The Morgan fingerprint density at radius 1 is 0.818 bits per heavy atom. The second-order valence-corrected chi connectivity index (χ2v) is 7.94. The van der Waals surface area contributed by atoms with Crippen LogP contribution in [0.5, 0.6) is 0 Å². The van der Waals surface area contributed by atoms with Crippen LogP contribution < -0.4 is 21.5 Å². The lowest BCUT2D eigenvalue weighted by molar-refractivity contribution is 0.0746. The van der Waals surface area contributed by atoms with Gasteiger partial charge in [0.05, 0.1) is 16.8 Å². The molecule has 0 saturated carbocycles. The summed E-state index contributed by atoms with van der Waals surface area (Å²) < 4.78 is 1.22. The molecule has 1 saturated heterocycles. The van der Waals surface area contributed by atoms with Crippen molar-refractivity contribution in [3.63, 3.8) is 0 Å². The van der Waals surface area contributed by atoms with E-state index in [1.807, 2.05) is 47.4 Å². The number of piperazine rings is 1. The number of carbonyl (C=O) groups excluding carboxylic acids is 3. The van der Waals surface area contributed by atoms with Gasteiger partial charge in [0.25, 0.3) is 23.3 Å². The van der Waals surface area contributed by atoms with Gasteiger partial charge in [0, 0.05) is 43.5 Å². The SMILES string of the molecule is Nc1c2c(cc(=O)n1-c1ccc(N3CCN(C(=O)c4ccccc4)CC3)cc1)C(=O)NC2=O. The largest absolute Gasteiger partial charge is 0.384 e. The Labute approximate surface area is 189 Å². The Balaban J connectivity index is 1.33. The van der Waals surface area contributed by atoms with E-state index >= 15 is 0 Å². The van der Waals surface area contributed by atoms with E-state index < -0.39 is 17.4 Å². The van der Waals surface area contributed by atoms with Crippen molar-refractivity contribution in [2.24, 2.45) is 0 Å². The summed E-state index contributed by atoms with van der Waals surface area (Å²) in [6, 6.07) is 17.6. The van der Waals surface area contributed by atoms with Gasteiger partial charge in [-0.1, -0.05) is 18.2 Å². The molecule has 0 spiro atoms. The van der Waals surface area contributed by atoms with Gasteiger partial charge in [0.15, 0.2) is 0 Å². The molecule has 0 unspecified atom stereocenters. The van der Waals surface area contributed by atoms with Crippen molar-refractivity contribution in [2.75, 3.05) is 36.8 Å².